The fraction of sp³-hybridized carbons (Fsp3) is 0.381. The first kappa shape index (κ1) is 31.3. The van der Waals surface area contributed by atoms with Crippen LogP contribution in [-0.2, 0) is 25.7 Å². The van der Waals surface area contributed by atoms with Gasteiger partial charge in [-0.15, -0.1) is 0 Å². The largest absolute Gasteiger partial charge is 0.192 e. The second-order valence-corrected chi connectivity index (χ2v) is 13.5. The predicted molar refractivity (Wildman–Crippen MR) is 183 cm³/mol. The van der Waals surface area contributed by atoms with Crippen molar-refractivity contribution in [3.63, 3.8) is 0 Å². The number of fused-ring (bicyclic) bond motifs is 8. The van der Waals surface area contributed by atoms with E-state index >= 15 is 0 Å². The number of hydrogen-bond donors (Lipinski definition) is 0. The maximum atomic E-state index is 10.4. The second-order valence-electron chi connectivity index (χ2n) is 13.5. The van der Waals surface area contributed by atoms with Gasteiger partial charge in [0.15, 0.2) is 0 Å². The van der Waals surface area contributed by atoms with Crippen LogP contribution < -0.4 is 0 Å². The molecule has 4 aromatic rings. The highest BCUT2D eigenvalue weighted by atomic mass is 14.3. The maximum absolute atomic E-state index is 10.4. The Morgan fingerprint density at radius 2 is 0.545 bits per heavy atom. The summed E-state index contributed by atoms with van der Waals surface area (Å²) >= 11 is 0. The molecule has 0 saturated carbocycles. The van der Waals surface area contributed by atoms with E-state index in [1.807, 2.05) is 0 Å². The highest BCUT2D eigenvalue weighted by Gasteiger charge is 2.25. The molecule has 8 bridgehead atoms. The molecular formula is C42H46N2. The lowest BCUT2D eigenvalue weighted by Gasteiger charge is -2.27. The molecule has 4 aromatic carbocycles. The van der Waals surface area contributed by atoms with Crippen LogP contribution in [0.3, 0.4) is 0 Å². The van der Waals surface area contributed by atoms with E-state index in [0.29, 0.717) is 0 Å². The normalized spacial score (nSPS) is 12.6. The molecule has 0 amide bonds. The number of aryl methyl sites for hydroxylation is 4. The molecule has 5 rings (SSSR count). The minimum absolute atomic E-state index is 0.808. The van der Waals surface area contributed by atoms with Gasteiger partial charge >= 0.3 is 0 Å². The second kappa shape index (κ2) is 11.4. The Balaban J connectivity index is 1.95. The average Bonchev–Trinajstić information content (AvgIpc) is 2.95. The first-order chi connectivity index (χ1) is 20.7. The maximum Gasteiger partial charge on any atom is 0.0997 e. The fourth-order valence-corrected chi connectivity index (χ4v) is 8.39. The van der Waals surface area contributed by atoms with Gasteiger partial charge in [0.1, 0.15) is 0 Å². The van der Waals surface area contributed by atoms with Crippen LogP contribution in [0.2, 0.25) is 0 Å². The Morgan fingerprint density at radius 3 is 0.750 bits per heavy atom. The predicted octanol–water partition coefficient (Wildman–Crippen LogP) is 9.81. The van der Waals surface area contributed by atoms with E-state index in [-0.39, 0.29) is 0 Å². The smallest absolute Gasteiger partial charge is 0.0997 e. The van der Waals surface area contributed by atoms with Crippen LogP contribution in [0, 0.1) is 106 Å². The van der Waals surface area contributed by atoms with Crippen LogP contribution >= 0.6 is 0 Å². The summed E-state index contributed by atoms with van der Waals surface area (Å²) in [5.41, 5.74) is 27.2. The Morgan fingerprint density at radius 1 is 0.341 bits per heavy atom. The van der Waals surface area contributed by atoms with Crippen molar-refractivity contribution in [1.29, 1.82) is 10.5 Å². The van der Waals surface area contributed by atoms with Crippen LogP contribution in [0.25, 0.3) is 0 Å². The Kier molecular flexibility index (Phi) is 8.12. The number of rotatable bonds is 0. The van der Waals surface area contributed by atoms with Gasteiger partial charge in [-0.2, -0.15) is 10.5 Å². The minimum atomic E-state index is 0.808. The lowest BCUT2D eigenvalue weighted by atomic mass is 9.77. The summed E-state index contributed by atoms with van der Waals surface area (Å²) in [4.78, 5) is 0. The molecule has 0 atom stereocenters. The molecule has 1 aliphatic carbocycles. The molecule has 2 heteroatoms. The number of benzene rings is 4. The van der Waals surface area contributed by atoms with Gasteiger partial charge in [-0.3, -0.25) is 0 Å². The first-order valence-corrected chi connectivity index (χ1v) is 15.9. The molecule has 0 saturated heterocycles. The summed E-state index contributed by atoms with van der Waals surface area (Å²) in [5, 5.41) is 20.8. The third-order valence-corrected chi connectivity index (χ3v) is 11.3. The summed E-state index contributed by atoms with van der Waals surface area (Å²) in [6.07, 6.45) is 3.23. The van der Waals surface area contributed by atoms with Crippen LogP contribution in [0.5, 0.6) is 0 Å². The van der Waals surface area contributed by atoms with Crippen LogP contribution in [0.15, 0.2) is 12.1 Å². The van der Waals surface area contributed by atoms with E-state index in [4.69, 9.17) is 0 Å². The van der Waals surface area contributed by atoms with Gasteiger partial charge in [-0.1, -0.05) is 12.1 Å². The Hall–Kier alpha value is -4.14. The topological polar surface area (TPSA) is 47.6 Å². The lowest BCUT2D eigenvalue weighted by Crippen LogP contribution is -2.14. The van der Waals surface area contributed by atoms with Crippen LogP contribution in [0.1, 0.15) is 122 Å². The molecule has 0 fully saturated rings. The van der Waals surface area contributed by atoms with E-state index < -0.39 is 0 Å². The van der Waals surface area contributed by atoms with Gasteiger partial charge in [0.25, 0.3) is 0 Å². The number of hydrogen-bond acceptors (Lipinski definition) is 2. The quantitative estimate of drug-likeness (QED) is 0.184. The van der Waals surface area contributed by atoms with E-state index in [1.54, 1.807) is 0 Å². The lowest BCUT2D eigenvalue weighted by molar-refractivity contribution is 0.967. The molecule has 0 unspecified atom stereocenters. The average molecular weight is 579 g/mol. The van der Waals surface area contributed by atoms with Gasteiger partial charge in [-0.25, -0.2) is 0 Å². The van der Waals surface area contributed by atoms with E-state index in [1.165, 1.54) is 89.0 Å². The summed E-state index contributed by atoms with van der Waals surface area (Å²) in [6, 6.07) is 9.87. The fourth-order valence-electron chi connectivity index (χ4n) is 8.39. The third-order valence-electron chi connectivity index (χ3n) is 11.3. The van der Waals surface area contributed by atoms with E-state index in [9.17, 15) is 10.5 Å². The first-order valence-electron chi connectivity index (χ1n) is 15.9. The number of nitrogens with zero attached hydrogens (tertiary/aromatic N) is 2. The zero-order valence-corrected chi connectivity index (χ0v) is 28.9. The van der Waals surface area contributed by atoms with Crippen molar-refractivity contribution in [3.05, 3.63) is 135 Å². The van der Waals surface area contributed by atoms with Gasteiger partial charge < -0.3 is 0 Å². The number of nitriles is 2. The molecule has 2 nitrogen and oxygen atoms in total. The molecule has 0 aromatic heterocycles. The van der Waals surface area contributed by atoms with Crippen LogP contribution in [0.4, 0.5) is 0 Å². The molecule has 224 valence electrons. The molecule has 0 spiro atoms. The van der Waals surface area contributed by atoms with Gasteiger partial charge in [-0.05, 0) is 220 Å². The minimum Gasteiger partial charge on any atom is -0.192 e. The van der Waals surface area contributed by atoms with Gasteiger partial charge in [0.2, 0.25) is 0 Å². The highest BCUT2D eigenvalue weighted by Crippen LogP contribution is 2.38. The van der Waals surface area contributed by atoms with Crippen molar-refractivity contribution in [2.24, 2.45) is 0 Å². The summed E-state index contributed by atoms with van der Waals surface area (Å²) < 4.78 is 0. The molecule has 0 heterocycles. The summed E-state index contributed by atoms with van der Waals surface area (Å²) in [7, 11) is 0. The zero-order chi connectivity index (χ0) is 32.4. The van der Waals surface area contributed by atoms with Crippen molar-refractivity contribution in [3.8, 4) is 12.1 Å². The van der Waals surface area contributed by atoms with Gasteiger partial charge in [0, 0.05) is 0 Å². The van der Waals surface area contributed by atoms with Crippen molar-refractivity contribution < 1.29 is 0 Å². The third kappa shape index (κ3) is 4.77. The van der Waals surface area contributed by atoms with Crippen LogP contribution in [-0.4, -0.2) is 0 Å². The molecule has 0 N–H and O–H groups in total. The summed E-state index contributed by atoms with van der Waals surface area (Å²) in [5.74, 6) is 0. The van der Waals surface area contributed by atoms with Crippen molar-refractivity contribution in [1.82, 2.24) is 0 Å². The SMILES string of the molecule is Cc1cc(C)c2c(C)c1Cc1c(C)c(C#N)c(C)c(c1C)Cc1c(C)cc(C)c(c1C)Cc1c(C)c(C#N)c(C)c(c1C)C2. The standard InChI is InChI=1S/C42H46N2/c1-21-13-22(2)34-16-38-28(8)40(32(12)42(20-44)30(38)10)18-36-24(4)14-23(3)35(26(36)6)17-39-27(7)37(15-33(21)25(34)5)29(9)41(19-43)31(39)11/h13-14H,15-18H2,1-12H3. The van der Waals surface area contributed by atoms with Crippen molar-refractivity contribution in [2.75, 3.05) is 0 Å². The highest BCUT2D eigenvalue weighted by molar-refractivity contribution is 5.63. The van der Waals surface area contributed by atoms with Crippen molar-refractivity contribution >= 4 is 0 Å². The monoisotopic (exact) mass is 578 g/mol. The zero-order valence-electron chi connectivity index (χ0n) is 28.9. The summed E-state index contributed by atoms with van der Waals surface area (Å²) in [6.45, 7) is 26.6. The van der Waals surface area contributed by atoms with E-state index in [2.05, 4.69) is 107 Å². The molecule has 1 aliphatic rings. The van der Waals surface area contributed by atoms with Crippen molar-refractivity contribution in [2.45, 2.75) is 109 Å². The Bertz CT molecular complexity index is 1730. The van der Waals surface area contributed by atoms with E-state index in [0.717, 1.165) is 59.1 Å². The molecular weight excluding hydrogens is 532 g/mol. The molecule has 44 heavy (non-hydrogen) atoms. The van der Waals surface area contributed by atoms with Gasteiger partial charge in [0.05, 0.1) is 23.3 Å². The molecule has 0 aliphatic heterocycles. The Labute approximate surface area is 265 Å². The molecule has 0 radical (unpaired) electrons.